The molecule has 2 heterocycles. The lowest BCUT2D eigenvalue weighted by atomic mass is 10.2. The van der Waals surface area contributed by atoms with Gasteiger partial charge in [-0.3, -0.25) is 9.71 Å². The molecule has 0 bridgehead atoms. The van der Waals surface area contributed by atoms with Crippen molar-refractivity contribution < 1.29 is 22.7 Å². The Bertz CT molecular complexity index is 1600. The molecule has 186 valence electrons. The van der Waals surface area contributed by atoms with Crippen molar-refractivity contribution in [2.75, 3.05) is 11.8 Å². The van der Waals surface area contributed by atoms with Crippen LogP contribution in [0.5, 0.6) is 11.5 Å². The zero-order valence-corrected chi connectivity index (χ0v) is 22.6. The lowest BCUT2D eigenvalue weighted by Crippen LogP contribution is -2.15. The molecule has 2 aromatic heterocycles. The van der Waals surface area contributed by atoms with Gasteiger partial charge in [-0.2, -0.15) is 8.42 Å². The number of rotatable bonds is 7. The minimum absolute atomic E-state index is 0.0272. The minimum atomic E-state index is -4.08. The number of aromatic nitrogens is 2. The Morgan fingerprint density at radius 3 is 2.75 bits per heavy atom. The Labute approximate surface area is 223 Å². The monoisotopic (exact) mass is 610 g/mol. The summed E-state index contributed by atoms with van der Waals surface area (Å²) in [6, 6.07) is 10.7. The number of hydrogen-bond acceptors (Lipinski definition) is 8. The highest BCUT2D eigenvalue weighted by molar-refractivity contribution is 9.11. The third-order valence-electron chi connectivity index (χ3n) is 4.87. The summed E-state index contributed by atoms with van der Waals surface area (Å²) in [6.07, 6.45) is 2.73. The maximum Gasteiger partial charge on any atom is 0.281 e. The molecule has 0 spiro atoms. The lowest BCUT2D eigenvalue weighted by molar-refractivity contribution is 0.373. The summed E-state index contributed by atoms with van der Waals surface area (Å²) in [5.41, 5.74) is 1.96. The Balaban J connectivity index is 1.56. The van der Waals surface area contributed by atoms with Crippen LogP contribution in [0, 0.1) is 12.7 Å². The van der Waals surface area contributed by atoms with Gasteiger partial charge in [0.25, 0.3) is 10.0 Å². The van der Waals surface area contributed by atoms with E-state index in [-0.39, 0.29) is 20.9 Å². The third kappa shape index (κ3) is 5.51. The van der Waals surface area contributed by atoms with Crippen molar-refractivity contribution in [1.29, 1.82) is 0 Å². The van der Waals surface area contributed by atoms with Crippen LogP contribution < -0.4 is 9.46 Å². The van der Waals surface area contributed by atoms with Gasteiger partial charge >= 0.3 is 0 Å². The fourth-order valence-electron chi connectivity index (χ4n) is 3.18. The van der Waals surface area contributed by atoms with Crippen LogP contribution in [0.1, 0.15) is 11.1 Å². The van der Waals surface area contributed by atoms with E-state index in [2.05, 4.69) is 35.6 Å². The van der Waals surface area contributed by atoms with E-state index < -0.39 is 15.8 Å². The van der Waals surface area contributed by atoms with Crippen LogP contribution in [0.15, 0.2) is 62.5 Å². The number of nitrogens with one attached hydrogen (secondary N) is 1. The van der Waals surface area contributed by atoms with Gasteiger partial charge in [0.1, 0.15) is 5.82 Å². The van der Waals surface area contributed by atoms with Crippen LogP contribution in [0.4, 0.5) is 15.2 Å². The third-order valence-corrected chi connectivity index (χ3v) is 8.33. The maximum atomic E-state index is 13.9. The fourth-order valence-corrected chi connectivity index (χ4v) is 6.19. The molecule has 4 rings (SSSR count). The standard InChI is InChI=1S/C23H17BrClFN4O4S2/c1-12-8-15(27-10-14-4-3-5-18(34-2)20(14)31)11-28-22(12)36(32,33)30-23-29-19(21(24)35-23)13-6-7-16(25)17(26)9-13/h3-11,31H,1-2H3,(H,29,30). The lowest BCUT2D eigenvalue weighted by Gasteiger charge is -2.08. The van der Waals surface area contributed by atoms with Crippen molar-refractivity contribution >= 4 is 65.9 Å². The highest BCUT2D eigenvalue weighted by Gasteiger charge is 2.22. The molecule has 36 heavy (non-hydrogen) atoms. The molecule has 2 aromatic carbocycles. The molecule has 0 aliphatic heterocycles. The fraction of sp³-hybridized carbons (Fsp3) is 0.0870. The molecule has 0 saturated carbocycles. The normalized spacial score (nSPS) is 11.7. The molecule has 4 aromatic rings. The summed E-state index contributed by atoms with van der Waals surface area (Å²) in [6.45, 7) is 1.59. The van der Waals surface area contributed by atoms with Gasteiger partial charge in [-0.05, 0) is 58.7 Å². The molecule has 0 amide bonds. The Morgan fingerprint density at radius 2 is 2.06 bits per heavy atom. The number of phenols is 1. The van der Waals surface area contributed by atoms with E-state index in [1.165, 1.54) is 31.7 Å². The van der Waals surface area contributed by atoms with Crippen LogP contribution in [-0.4, -0.2) is 36.8 Å². The number of para-hydroxylation sites is 1. The van der Waals surface area contributed by atoms with Crippen molar-refractivity contribution in [1.82, 2.24) is 9.97 Å². The summed E-state index contributed by atoms with van der Waals surface area (Å²) in [4.78, 5) is 12.6. The molecule has 0 saturated heterocycles. The number of sulfonamides is 1. The summed E-state index contributed by atoms with van der Waals surface area (Å²) in [5, 5.41) is 10.0. The predicted octanol–water partition coefficient (Wildman–Crippen LogP) is 6.33. The molecule has 0 fully saturated rings. The molecular formula is C23H17BrClFN4O4S2. The van der Waals surface area contributed by atoms with Crippen molar-refractivity contribution in [3.8, 4) is 22.8 Å². The number of hydrogen-bond donors (Lipinski definition) is 2. The van der Waals surface area contributed by atoms with E-state index in [4.69, 9.17) is 16.3 Å². The molecule has 0 aliphatic carbocycles. The van der Waals surface area contributed by atoms with Gasteiger partial charge in [0.2, 0.25) is 0 Å². The van der Waals surface area contributed by atoms with Crippen molar-refractivity contribution in [2.24, 2.45) is 4.99 Å². The summed E-state index contributed by atoms with van der Waals surface area (Å²) in [5.74, 6) is -0.369. The molecule has 2 N–H and O–H groups in total. The van der Waals surface area contributed by atoms with Crippen LogP contribution in [0.25, 0.3) is 11.3 Å². The number of aryl methyl sites for hydroxylation is 1. The second-order valence-electron chi connectivity index (χ2n) is 7.35. The summed E-state index contributed by atoms with van der Waals surface area (Å²) < 4.78 is 47.9. The number of thiazole rings is 1. The first-order chi connectivity index (χ1) is 17.1. The van der Waals surface area contributed by atoms with Gasteiger partial charge in [-0.25, -0.2) is 14.4 Å². The zero-order chi connectivity index (χ0) is 26.0. The van der Waals surface area contributed by atoms with Gasteiger partial charge in [-0.15, -0.1) is 0 Å². The number of pyridine rings is 1. The number of nitrogens with zero attached hydrogens (tertiary/aromatic N) is 3. The molecule has 0 unspecified atom stereocenters. The molecular weight excluding hydrogens is 595 g/mol. The van der Waals surface area contributed by atoms with E-state index in [1.807, 2.05) is 0 Å². The van der Waals surface area contributed by atoms with Crippen LogP contribution in [0.3, 0.4) is 0 Å². The molecule has 0 atom stereocenters. The van der Waals surface area contributed by atoms with Crippen LogP contribution in [0.2, 0.25) is 5.02 Å². The Kier molecular flexibility index (Phi) is 7.59. The number of anilines is 1. The number of ether oxygens (including phenoxy) is 1. The number of halogens is 3. The SMILES string of the molecule is COc1cccc(C=Nc2cnc(S(=O)(=O)Nc3nc(-c4ccc(Cl)c(F)c4)c(Br)s3)c(C)c2)c1O. The van der Waals surface area contributed by atoms with E-state index in [1.54, 1.807) is 37.3 Å². The zero-order valence-electron chi connectivity index (χ0n) is 18.7. The minimum Gasteiger partial charge on any atom is -0.504 e. The number of benzene rings is 2. The highest BCUT2D eigenvalue weighted by Crippen LogP contribution is 2.37. The Morgan fingerprint density at radius 1 is 1.28 bits per heavy atom. The van der Waals surface area contributed by atoms with E-state index in [0.29, 0.717) is 37.6 Å². The van der Waals surface area contributed by atoms with E-state index in [9.17, 15) is 17.9 Å². The number of methoxy groups -OCH3 is 1. The average Bonchev–Trinajstić information content (AvgIpc) is 3.19. The van der Waals surface area contributed by atoms with Gasteiger partial charge in [0.15, 0.2) is 21.7 Å². The van der Waals surface area contributed by atoms with Gasteiger partial charge in [-0.1, -0.05) is 35.1 Å². The predicted molar refractivity (Wildman–Crippen MR) is 142 cm³/mol. The van der Waals surface area contributed by atoms with Crippen molar-refractivity contribution in [2.45, 2.75) is 11.9 Å². The molecule has 13 heteroatoms. The van der Waals surface area contributed by atoms with Crippen molar-refractivity contribution in [3.05, 3.63) is 74.4 Å². The first-order valence-corrected chi connectivity index (χ1v) is 13.6. The first kappa shape index (κ1) is 26.0. The van der Waals surface area contributed by atoms with Gasteiger partial charge in [0, 0.05) is 17.3 Å². The molecule has 8 nitrogen and oxygen atoms in total. The van der Waals surface area contributed by atoms with Gasteiger partial charge < -0.3 is 9.84 Å². The van der Waals surface area contributed by atoms with Crippen LogP contribution in [-0.2, 0) is 10.0 Å². The smallest absolute Gasteiger partial charge is 0.281 e. The average molecular weight is 612 g/mol. The molecule has 0 radical (unpaired) electrons. The summed E-state index contributed by atoms with van der Waals surface area (Å²) in [7, 11) is -2.64. The van der Waals surface area contributed by atoms with Crippen LogP contribution >= 0.6 is 38.9 Å². The summed E-state index contributed by atoms with van der Waals surface area (Å²) >= 11 is 10.1. The second kappa shape index (κ2) is 10.5. The van der Waals surface area contributed by atoms with E-state index in [0.717, 1.165) is 11.3 Å². The number of aromatic hydroxyl groups is 1. The van der Waals surface area contributed by atoms with E-state index >= 15 is 0 Å². The molecule has 0 aliphatic rings. The Hall–Kier alpha value is -3.06. The second-order valence-corrected chi connectivity index (χ2v) is 11.7. The topological polar surface area (TPSA) is 114 Å². The highest BCUT2D eigenvalue weighted by atomic mass is 79.9. The number of aliphatic imine (C=N–C) groups is 1. The quantitative estimate of drug-likeness (QED) is 0.236. The number of phenolic OH excluding ortho intramolecular Hbond substituents is 1. The maximum absolute atomic E-state index is 13.9. The van der Waals surface area contributed by atoms with Crippen molar-refractivity contribution in [3.63, 3.8) is 0 Å². The first-order valence-electron chi connectivity index (χ1n) is 10.1. The largest absolute Gasteiger partial charge is 0.504 e. The van der Waals surface area contributed by atoms with Gasteiger partial charge in [0.05, 0.1) is 33.5 Å².